The van der Waals surface area contributed by atoms with Crippen molar-refractivity contribution in [2.24, 2.45) is 0 Å². The lowest BCUT2D eigenvalue weighted by Gasteiger charge is -2.15. The summed E-state index contributed by atoms with van der Waals surface area (Å²) < 4.78 is 26.5. The van der Waals surface area contributed by atoms with Crippen LogP contribution in [0, 0.1) is 0 Å². The zero-order chi connectivity index (χ0) is 30.4. The van der Waals surface area contributed by atoms with Gasteiger partial charge in [-0.3, -0.25) is 18.6 Å². The third-order valence-corrected chi connectivity index (χ3v) is 7.68. The molecule has 0 heterocycles. The maximum absolute atomic E-state index is 11.9. The van der Waals surface area contributed by atoms with Crippen molar-refractivity contribution in [1.82, 2.24) is 5.32 Å². The number of amides is 1. The van der Waals surface area contributed by atoms with Crippen LogP contribution in [0.2, 0.25) is 0 Å². The first kappa shape index (κ1) is 39.8. The number of phosphoric acid groups is 1. The Balaban J connectivity index is 3.66. The first-order valence-corrected chi connectivity index (χ1v) is 17.7. The molecule has 242 valence electrons. The highest BCUT2D eigenvalue weighted by Gasteiger charge is 2.23. The lowest BCUT2D eigenvalue weighted by atomic mass is 10.1. The summed E-state index contributed by atoms with van der Waals surface area (Å²) in [6, 6.07) is 0. The normalized spacial score (nSPS) is 13.8. The Morgan fingerprint density at radius 2 is 1.24 bits per heavy atom. The van der Waals surface area contributed by atoms with Crippen LogP contribution in [0.3, 0.4) is 0 Å². The Bertz CT molecular complexity index is 704. The number of carbonyl (C=O) groups is 2. The van der Waals surface area contributed by atoms with Crippen LogP contribution in [0.4, 0.5) is 0 Å². The average molecular weight is 606 g/mol. The average Bonchev–Trinajstić information content (AvgIpc) is 2.95. The van der Waals surface area contributed by atoms with Crippen molar-refractivity contribution in [1.29, 1.82) is 0 Å². The minimum absolute atomic E-state index is 0.0824. The van der Waals surface area contributed by atoms with Gasteiger partial charge in [-0.25, -0.2) is 4.57 Å². The van der Waals surface area contributed by atoms with E-state index in [9.17, 15) is 24.2 Å². The Hall–Kier alpha value is -1.25. The second-order valence-electron chi connectivity index (χ2n) is 10.8. The van der Waals surface area contributed by atoms with Gasteiger partial charge in [0.2, 0.25) is 5.91 Å². The van der Waals surface area contributed by atoms with Crippen molar-refractivity contribution in [3.05, 3.63) is 12.2 Å². The molecule has 0 fully saturated rings. The number of phosphoric ester groups is 1. The molecule has 0 aromatic carbocycles. The lowest BCUT2D eigenvalue weighted by molar-refractivity contribution is -0.147. The monoisotopic (exact) mass is 605 g/mol. The lowest BCUT2D eigenvalue weighted by Crippen LogP contribution is -2.27. The van der Waals surface area contributed by atoms with Crippen LogP contribution < -0.4 is 5.32 Å². The molecular weight excluding hydrogens is 545 g/mol. The minimum Gasteiger partial charge on any atom is -0.463 e. The van der Waals surface area contributed by atoms with Crippen LogP contribution in [0.5, 0.6) is 0 Å². The molecule has 0 aromatic heterocycles. The molecule has 2 unspecified atom stereocenters. The van der Waals surface area contributed by atoms with Gasteiger partial charge in [0.1, 0.15) is 12.7 Å². The largest absolute Gasteiger partial charge is 0.472 e. The fraction of sp³-hybridized carbons (Fsp3) is 0.871. The molecule has 3 N–H and O–H groups in total. The molecule has 0 aliphatic rings. The first-order valence-electron chi connectivity index (χ1n) is 16.2. The number of rotatable bonds is 30. The molecule has 0 radical (unpaired) electrons. The van der Waals surface area contributed by atoms with E-state index < -0.39 is 26.5 Å². The Morgan fingerprint density at radius 1 is 0.732 bits per heavy atom. The fourth-order valence-electron chi connectivity index (χ4n) is 4.20. The molecule has 1 amide bonds. The van der Waals surface area contributed by atoms with Gasteiger partial charge >= 0.3 is 13.8 Å². The van der Waals surface area contributed by atoms with E-state index in [1.807, 2.05) is 0 Å². The van der Waals surface area contributed by atoms with E-state index in [1.54, 1.807) is 0 Å². The summed E-state index contributed by atoms with van der Waals surface area (Å²) >= 11 is 0. The summed E-state index contributed by atoms with van der Waals surface area (Å²) in [5.41, 5.74) is 0. The number of hydrogen-bond donors (Lipinski definition) is 3. The third-order valence-electron chi connectivity index (χ3n) is 6.70. The molecule has 0 rings (SSSR count). The van der Waals surface area contributed by atoms with E-state index in [0.29, 0.717) is 6.42 Å². The van der Waals surface area contributed by atoms with E-state index in [1.165, 1.54) is 57.8 Å². The van der Waals surface area contributed by atoms with Gasteiger partial charge in [0, 0.05) is 19.4 Å². The van der Waals surface area contributed by atoms with E-state index in [-0.39, 0.29) is 32.1 Å². The number of esters is 1. The molecule has 0 spiro atoms. The number of unbranched alkanes of at least 4 members (excludes halogenated alkanes) is 15. The van der Waals surface area contributed by atoms with E-state index >= 15 is 0 Å². The number of carbonyl (C=O) groups excluding carboxylic acids is 2. The van der Waals surface area contributed by atoms with Gasteiger partial charge in [-0.1, -0.05) is 103 Å². The fourth-order valence-corrected chi connectivity index (χ4v) is 4.95. The van der Waals surface area contributed by atoms with Crippen molar-refractivity contribution in [2.45, 2.75) is 148 Å². The molecule has 2 atom stereocenters. The molecule has 0 saturated carbocycles. The van der Waals surface area contributed by atoms with E-state index in [4.69, 9.17) is 13.8 Å². The van der Waals surface area contributed by atoms with Crippen LogP contribution in [0.15, 0.2) is 12.2 Å². The summed E-state index contributed by atoms with van der Waals surface area (Å²) in [5, 5.41) is 12.5. The van der Waals surface area contributed by atoms with Crippen LogP contribution in [-0.2, 0) is 27.9 Å². The van der Waals surface area contributed by atoms with Crippen molar-refractivity contribution < 1.29 is 37.9 Å². The highest BCUT2D eigenvalue weighted by atomic mass is 31.2. The van der Waals surface area contributed by atoms with Crippen LogP contribution in [0.25, 0.3) is 0 Å². The molecular formula is C31H60NO8P. The molecule has 0 saturated heterocycles. The van der Waals surface area contributed by atoms with E-state index in [2.05, 4.69) is 31.3 Å². The Morgan fingerprint density at radius 3 is 1.83 bits per heavy atom. The summed E-state index contributed by atoms with van der Waals surface area (Å²) in [7, 11) is -4.39. The predicted octanol–water partition coefficient (Wildman–Crippen LogP) is 7.54. The molecule has 0 aliphatic carbocycles. The number of ether oxygens (including phenoxy) is 1. The maximum atomic E-state index is 11.9. The van der Waals surface area contributed by atoms with Gasteiger partial charge in [0.05, 0.1) is 13.2 Å². The number of aliphatic hydroxyl groups is 1. The van der Waals surface area contributed by atoms with Crippen molar-refractivity contribution in [3.8, 4) is 0 Å². The second kappa shape index (κ2) is 28.9. The SMILES string of the molecule is CCCCCCC/C=C\CCCCCCCC(=O)OCC(O)COP(=O)(O)OCCNC(=O)CCCCCCCC. The number of aliphatic hydroxyl groups excluding tert-OH is 1. The molecule has 10 heteroatoms. The topological polar surface area (TPSA) is 131 Å². The maximum Gasteiger partial charge on any atom is 0.472 e. The van der Waals surface area contributed by atoms with Gasteiger partial charge in [-0.15, -0.1) is 0 Å². The van der Waals surface area contributed by atoms with Gasteiger partial charge in [-0.05, 0) is 38.5 Å². The zero-order valence-electron chi connectivity index (χ0n) is 26.0. The van der Waals surface area contributed by atoms with Crippen molar-refractivity contribution in [2.75, 3.05) is 26.4 Å². The smallest absolute Gasteiger partial charge is 0.463 e. The minimum atomic E-state index is -4.39. The summed E-state index contributed by atoms with van der Waals surface area (Å²) in [6.07, 6.45) is 24.5. The molecule has 9 nitrogen and oxygen atoms in total. The first-order chi connectivity index (χ1) is 19.8. The van der Waals surface area contributed by atoms with Crippen molar-refractivity contribution in [3.63, 3.8) is 0 Å². The van der Waals surface area contributed by atoms with Gasteiger partial charge in [0.15, 0.2) is 0 Å². The molecule has 0 aromatic rings. The van der Waals surface area contributed by atoms with E-state index in [0.717, 1.165) is 57.8 Å². The van der Waals surface area contributed by atoms with Crippen molar-refractivity contribution >= 4 is 19.7 Å². The molecule has 41 heavy (non-hydrogen) atoms. The highest BCUT2D eigenvalue weighted by Crippen LogP contribution is 2.42. The summed E-state index contributed by atoms with van der Waals surface area (Å²) in [6.45, 7) is 3.44. The molecule has 0 bridgehead atoms. The van der Waals surface area contributed by atoms with Gasteiger partial charge < -0.3 is 20.1 Å². The Labute approximate surface area is 249 Å². The van der Waals surface area contributed by atoms with Gasteiger partial charge in [0.25, 0.3) is 0 Å². The second-order valence-corrected chi connectivity index (χ2v) is 12.2. The van der Waals surface area contributed by atoms with Crippen LogP contribution in [-0.4, -0.2) is 54.3 Å². The zero-order valence-corrected chi connectivity index (χ0v) is 26.9. The Kier molecular flexibility index (Phi) is 28.0. The number of hydrogen-bond acceptors (Lipinski definition) is 7. The highest BCUT2D eigenvalue weighted by molar-refractivity contribution is 7.47. The summed E-state index contributed by atoms with van der Waals surface area (Å²) in [4.78, 5) is 33.4. The van der Waals surface area contributed by atoms with Gasteiger partial charge in [-0.2, -0.15) is 0 Å². The number of allylic oxidation sites excluding steroid dienone is 2. The van der Waals surface area contributed by atoms with Crippen LogP contribution >= 0.6 is 7.82 Å². The summed E-state index contributed by atoms with van der Waals surface area (Å²) in [5.74, 6) is -0.535. The predicted molar refractivity (Wildman–Crippen MR) is 165 cm³/mol. The standard InChI is InChI=1S/C31H60NO8P/c1-3-5-7-9-11-12-13-14-15-16-17-18-20-22-24-31(35)38-27-29(33)28-40-41(36,37)39-26-25-32-30(34)23-21-19-10-8-6-4-2/h13-14,29,33H,3-12,15-28H2,1-2H3,(H,32,34)(H,36,37)/b14-13-. The molecule has 0 aliphatic heterocycles. The quantitative estimate of drug-likeness (QED) is 0.0331. The van der Waals surface area contributed by atoms with Crippen LogP contribution in [0.1, 0.15) is 142 Å². The third kappa shape index (κ3) is 30.0. The number of nitrogens with one attached hydrogen (secondary N) is 1.